The van der Waals surface area contributed by atoms with E-state index in [1.807, 2.05) is 49.4 Å². The number of nitrogens with one attached hydrogen (secondary N) is 1. The molecule has 1 N–H and O–H groups in total. The molecule has 0 spiro atoms. The number of pyridine rings is 1. The van der Waals surface area contributed by atoms with Crippen LogP contribution in [-0.4, -0.2) is 44.6 Å². The minimum Gasteiger partial charge on any atom is -0.338 e. The highest BCUT2D eigenvalue weighted by atomic mass is 16.2. The van der Waals surface area contributed by atoms with Crippen LogP contribution in [0.2, 0.25) is 0 Å². The van der Waals surface area contributed by atoms with E-state index < -0.39 is 0 Å². The minimum absolute atomic E-state index is 0.0829. The molecule has 7 heteroatoms. The maximum Gasteiger partial charge on any atom is 0.257 e. The molecule has 7 nitrogen and oxygen atoms in total. The number of amides is 2. The Morgan fingerprint density at radius 2 is 1.97 bits per heavy atom. The van der Waals surface area contributed by atoms with E-state index in [1.165, 1.54) is 0 Å². The lowest BCUT2D eigenvalue weighted by Gasteiger charge is -2.31. The number of hydrogen-bond donors (Lipinski definition) is 1. The van der Waals surface area contributed by atoms with E-state index in [-0.39, 0.29) is 17.7 Å². The van der Waals surface area contributed by atoms with Crippen molar-refractivity contribution >= 4 is 17.6 Å². The Balaban J connectivity index is 1.38. The van der Waals surface area contributed by atoms with Crippen LogP contribution in [0, 0.1) is 12.8 Å². The quantitative estimate of drug-likeness (QED) is 0.710. The molecule has 3 heterocycles. The van der Waals surface area contributed by atoms with E-state index in [9.17, 15) is 9.59 Å². The van der Waals surface area contributed by atoms with Crippen molar-refractivity contribution in [2.45, 2.75) is 26.3 Å². The van der Waals surface area contributed by atoms with Crippen molar-refractivity contribution in [2.24, 2.45) is 5.92 Å². The lowest BCUT2D eigenvalue weighted by Crippen LogP contribution is -2.43. The third kappa shape index (κ3) is 4.74. The summed E-state index contributed by atoms with van der Waals surface area (Å²) in [5.74, 6) is 0.126. The molecule has 0 aliphatic carbocycles. The number of nitrogens with zero attached hydrogens (tertiary/aromatic N) is 4. The van der Waals surface area contributed by atoms with Gasteiger partial charge >= 0.3 is 0 Å². The summed E-state index contributed by atoms with van der Waals surface area (Å²) in [5.41, 5.74) is 2.52. The number of hydrogen-bond acceptors (Lipinski definition) is 4. The van der Waals surface area contributed by atoms with Crippen LogP contribution in [0.15, 0.2) is 60.9 Å². The monoisotopic (exact) mass is 403 g/mol. The van der Waals surface area contributed by atoms with Gasteiger partial charge in [0.05, 0.1) is 24.2 Å². The van der Waals surface area contributed by atoms with Crippen LogP contribution in [0.3, 0.4) is 0 Å². The van der Waals surface area contributed by atoms with Gasteiger partial charge in [0.15, 0.2) is 0 Å². The maximum atomic E-state index is 13.0. The molecule has 30 heavy (non-hydrogen) atoms. The van der Waals surface area contributed by atoms with Gasteiger partial charge in [0, 0.05) is 25.0 Å². The topological polar surface area (TPSA) is 80.1 Å². The second-order valence-electron chi connectivity index (χ2n) is 7.66. The van der Waals surface area contributed by atoms with Gasteiger partial charge in [0.25, 0.3) is 5.91 Å². The van der Waals surface area contributed by atoms with E-state index in [1.54, 1.807) is 28.0 Å². The van der Waals surface area contributed by atoms with E-state index >= 15 is 0 Å². The van der Waals surface area contributed by atoms with Crippen molar-refractivity contribution in [3.8, 4) is 0 Å². The van der Waals surface area contributed by atoms with Gasteiger partial charge < -0.3 is 10.2 Å². The van der Waals surface area contributed by atoms with Gasteiger partial charge in [-0.25, -0.2) is 4.98 Å². The first-order valence-electron chi connectivity index (χ1n) is 10.2. The lowest BCUT2D eigenvalue weighted by molar-refractivity contribution is -0.121. The van der Waals surface area contributed by atoms with Crippen LogP contribution in [0.5, 0.6) is 0 Å². The minimum atomic E-state index is -0.246. The van der Waals surface area contributed by atoms with Gasteiger partial charge in [-0.2, -0.15) is 5.10 Å². The smallest absolute Gasteiger partial charge is 0.257 e. The first kappa shape index (κ1) is 19.8. The van der Waals surface area contributed by atoms with Gasteiger partial charge in [-0.05, 0) is 37.5 Å². The lowest BCUT2D eigenvalue weighted by atomic mass is 9.96. The predicted octanol–water partition coefficient (Wildman–Crippen LogP) is 3.13. The first-order valence-corrected chi connectivity index (χ1v) is 10.2. The highest BCUT2D eigenvalue weighted by Crippen LogP contribution is 2.20. The Hall–Kier alpha value is -3.48. The summed E-state index contributed by atoms with van der Waals surface area (Å²) >= 11 is 0. The molecule has 2 aromatic heterocycles. The van der Waals surface area contributed by atoms with Gasteiger partial charge in [-0.15, -0.1) is 0 Å². The van der Waals surface area contributed by atoms with Crippen LogP contribution >= 0.6 is 0 Å². The molecule has 0 saturated carbocycles. The number of carbonyl (C=O) groups is 2. The Bertz CT molecular complexity index is 1030. The summed E-state index contributed by atoms with van der Waals surface area (Å²) in [4.78, 5) is 31.7. The van der Waals surface area contributed by atoms with Crippen molar-refractivity contribution in [2.75, 3.05) is 18.4 Å². The molecule has 1 aliphatic rings. The molecule has 1 unspecified atom stereocenters. The Labute approximate surface area is 175 Å². The fraction of sp³-hybridized carbons (Fsp3) is 0.304. The van der Waals surface area contributed by atoms with Crippen molar-refractivity contribution in [3.05, 3.63) is 77.7 Å². The molecule has 1 aromatic carbocycles. The molecule has 1 saturated heterocycles. The first-order chi connectivity index (χ1) is 14.6. The molecular formula is C23H25N5O2. The highest BCUT2D eigenvalue weighted by Gasteiger charge is 2.29. The third-order valence-electron chi connectivity index (χ3n) is 5.29. The molecule has 0 radical (unpaired) electrons. The third-order valence-corrected chi connectivity index (χ3v) is 5.29. The number of likely N-dealkylation sites (tertiary alicyclic amines) is 1. The highest BCUT2D eigenvalue weighted by molar-refractivity contribution is 5.95. The predicted molar refractivity (Wildman–Crippen MR) is 114 cm³/mol. The van der Waals surface area contributed by atoms with Crippen molar-refractivity contribution in [3.63, 3.8) is 0 Å². The molecule has 154 valence electrons. The molecular weight excluding hydrogens is 378 g/mol. The van der Waals surface area contributed by atoms with Gasteiger partial charge in [0.2, 0.25) is 5.91 Å². The molecule has 1 atom stereocenters. The number of anilines is 1. The van der Waals surface area contributed by atoms with Gasteiger partial charge in [0.1, 0.15) is 5.82 Å². The average molecular weight is 403 g/mol. The number of piperidine rings is 1. The van der Waals surface area contributed by atoms with Crippen molar-refractivity contribution in [1.29, 1.82) is 0 Å². The van der Waals surface area contributed by atoms with Gasteiger partial charge in [-0.3, -0.25) is 14.3 Å². The summed E-state index contributed by atoms with van der Waals surface area (Å²) in [7, 11) is 0. The standard InChI is InChI=1S/C23H25N5O2/c1-17-7-5-11-21(25-17)26-22(29)19-10-6-12-27(15-19)23(30)20-13-24-28(16-20)14-18-8-3-2-4-9-18/h2-5,7-9,11,13,16,19H,6,10,12,14-15H2,1H3,(H,25,26,29). The SMILES string of the molecule is Cc1cccc(NC(=O)C2CCCN(C(=O)c3cnn(Cc4ccccc4)c3)C2)n1. The largest absolute Gasteiger partial charge is 0.338 e. The Morgan fingerprint density at radius 1 is 1.13 bits per heavy atom. The van der Waals surface area contributed by atoms with E-state index in [2.05, 4.69) is 15.4 Å². The molecule has 1 aliphatic heterocycles. The molecule has 3 aromatic rings. The maximum absolute atomic E-state index is 13.0. The number of benzene rings is 1. The fourth-order valence-electron chi connectivity index (χ4n) is 3.73. The Morgan fingerprint density at radius 3 is 2.77 bits per heavy atom. The van der Waals surface area contributed by atoms with Crippen LogP contribution in [-0.2, 0) is 11.3 Å². The summed E-state index contributed by atoms with van der Waals surface area (Å²) in [5, 5.41) is 7.21. The number of aryl methyl sites for hydroxylation is 1. The fourth-order valence-corrected chi connectivity index (χ4v) is 3.73. The van der Waals surface area contributed by atoms with Gasteiger partial charge in [-0.1, -0.05) is 36.4 Å². The second kappa shape index (κ2) is 8.90. The molecule has 1 fully saturated rings. The van der Waals surface area contributed by atoms with Crippen LogP contribution in [0.1, 0.15) is 34.5 Å². The molecule has 2 amide bonds. The van der Waals surface area contributed by atoms with Crippen LogP contribution in [0.25, 0.3) is 0 Å². The zero-order chi connectivity index (χ0) is 20.9. The van der Waals surface area contributed by atoms with E-state index in [0.717, 1.165) is 24.1 Å². The number of aromatic nitrogens is 3. The van der Waals surface area contributed by atoms with Crippen molar-refractivity contribution < 1.29 is 9.59 Å². The molecule has 0 bridgehead atoms. The summed E-state index contributed by atoms with van der Waals surface area (Å²) in [6.45, 7) is 3.55. The normalized spacial score (nSPS) is 16.3. The zero-order valence-corrected chi connectivity index (χ0v) is 17.0. The second-order valence-corrected chi connectivity index (χ2v) is 7.66. The van der Waals surface area contributed by atoms with Crippen LogP contribution in [0.4, 0.5) is 5.82 Å². The summed E-state index contributed by atoms with van der Waals surface area (Å²) in [6, 6.07) is 15.5. The molecule has 4 rings (SSSR count). The Kier molecular flexibility index (Phi) is 5.88. The summed E-state index contributed by atoms with van der Waals surface area (Å²) in [6.07, 6.45) is 4.93. The zero-order valence-electron chi connectivity index (χ0n) is 17.0. The van der Waals surface area contributed by atoms with Crippen LogP contribution < -0.4 is 5.32 Å². The number of rotatable bonds is 5. The average Bonchev–Trinajstić information content (AvgIpc) is 3.22. The number of carbonyl (C=O) groups excluding carboxylic acids is 2. The van der Waals surface area contributed by atoms with E-state index in [4.69, 9.17) is 0 Å². The summed E-state index contributed by atoms with van der Waals surface area (Å²) < 4.78 is 1.76. The van der Waals surface area contributed by atoms with Crippen molar-refractivity contribution in [1.82, 2.24) is 19.7 Å². The van der Waals surface area contributed by atoms with E-state index in [0.29, 0.717) is 31.0 Å².